The number of pyridine rings is 1. The molecule has 1 aliphatic rings. The highest BCUT2D eigenvalue weighted by Crippen LogP contribution is 2.18. The highest BCUT2D eigenvalue weighted by Gasteiger charge is 2.29. The number of hydrogen-bond donors (Lipinski definition) is 0. The topological polar surface area (TPSA) is 66.0 Å². The molecule has 1 aromatic heterocycles. The summed E-state index contributed by atoms with van der Waals surface area (Å²) in [6, 6.07) is 2.10. The summed E-state index contributed by atoms with van der Waals surface area (Å²) >= 11 is 0. The molecule has 18 heavy (non-hydrogen) atoms. The van der Waals surface area contributed by atoms with Crippen LogP contribution in [0.25, 0.3) is 0 Å². The Kier molecular flexibility index (Phi) is 2.92. The van der Waals surface area contributed by atoms with E-state index in [1.54, 1.807) is 12.1 Å². The molecule has 0 saturated carbocycles. The molecule has 2 rings (SSSR count). The first-order chi connectivity index (χ1) is 8.37. The number of hydrogen-bond acceptors (Lipinski definition) is 2. The number of imide groups is 1. The summed E-state index contributed by atoms with van der Waals surface area (Å²) in [6.07, 6.45) is 3.63. The minimum Gasteiger partial charge on any atom is -0.275 e. The van der Waals surface area contributed by atoms with Crippen LogP contribution in [0.5, 0.6) is 0 Å². The average molecular weight is 249 g/mol. The van der Waals surface area contributed by atoms with Crippen LogP contribution < -0.4 is 9.47 Å². The second-order valence-corrected chi connectivity index (χ2v) is 5.10. The fourth-order valence-corrected chi connectivity index (χ4v) is 1.66. The predicted molar refractivity (Wildman–Crippen MR) is 62.8 cm³/mol. The van der Waals surface area contributed by atoms with Gasteiger partial charge in [-0.3, -0.25) is 4.48 Å². The van der Waals surface area contributed by atoms with Gasteiger partial charge in [0.15, 0.2) is 12.4 Å². The van der Waals surface area contributed by atoms with E-state index in [-0.39, 0.29) is 0 Å². The molecule has 0 bridgehead atoms. The Morgan fingerprint density at radius 2 is 1.61 bits per heavy atom. The van der Waals surface area contributed by atoms with Crippen molar-refractivity contribution in [1.82, 2.24) is 0 Å². The van der Waals surface area contributed by atoms with Gasteiger partial charge in [0.2, 0.25) is 0 Å². The van der Waals surface area contributed by atoms with E-state index in [2.05, 4.69) is 31.4 Å². The van der Waals surface area contributed by atoms with E-state index in [4.69, 9.17) is 0 Å². The van der Waals surface area contributed by atoms with E-state index in [0.717, 1.165) is 16.1 Å². The summed E-state index contributed by atoms with van der Waals surface area (Å²) in [7, 11) is 6.23. The standard InChI is InChI=1S/C11H15N5O2/c1-16(2,3)8-14-6-4-9(5-7-14)15-10(17)12-13-11(15)18/h4-7H,8H2,1-3H3/q+2. The Hall–Kier alpha value is -2.15. The van der Waals surface area contributed by atoms with Crippen LogP contribution in [-0.2, 0) is 6.67 Å². The summed E-state index contributed by atoms with van der Waals surface area (Å²) < 4.78 is 2.75. The van der Waals surface area contributed by atoms with Gasteiger partial charge in [-0.15, -0.1) is 0 Å². The molecule has 94 valence electrons. The van der Waals surface area contributed by atoms with Crippen molar-refractivity contribution in [1.29, 1.82) is 0 Å². The number of urea groups is 2. The van der Waals surface area contributed by atoms with Crippen molar-refractivity contribution >= 4 is 17.7 Å². The van der Waals surface area contributed by atoms with E-state index in [1.165, 1.54) is 0 Å². The molecule has 2 heterocycles. The molecular weight excluding hydrogens is 234 g/mol. The summed E-state index contributed by atoms with van der Waals surface area (Å²) in [4.78, 5) is 23.6. The second kappa shape index (κ2) is 4.26. The number of amides is 4. The van der Waals surface area contributed by atoms with Gasteiger partial charge in [-0.2, -0.15) is 4.57 Å². The lowest BCUT2D eigenvalue weighted by molar-refractivity contribution is -1.02. The minimum atomic E-state index is -0.649. The number of azo groups is 1. The first-order valence-electron chi connectivity index (χ1n) is 5.46. The highest BCUT2D eigenvalue weighted by atomic mass is 16.2. The smallest absolute Gasteiger partial charge is 0.275 e. The minimum absolute atomic E-state index is 0.479. The number of nitrogens with zero attached hydrogens (tertiary/aromatic N) is 5. The van der Waals surface area contributed by atoms with E-state index in [1.807, 2.05) is 17.0 Å². The lowest BCUT2D eigenvalue weighted by atomic mass is 10.3. The average Bonchev–Trinajstić information content (AvgIpc) is 2.58. The Balaban J connectivity index is 2.18. The molecule has 0 aliphatic carbocycles. The van der Waals surface area contributed by atoms with Crippen molar-refractivity contribution in [3.63, 3.8) is 0 Å². The van der Waals surface area contributed by atoms with Crippen LogP contribution in [0, 0.1) is 0 Å². The molecule has 0 aromatic carbocycles. The van der Waals surface area contributed by atoms with Crippen molar-refractivity contribution in [3.8, 4) is 0 Å². The SMILES string of the molecule is C[N+](C)(C)C[n+]1ccc(N2C(=O)N=NC2=O)cc1. The van der Waals surface area contributed by atoms with Crippen LogP contribution in [0.15, 0.2) is 34.8 Å². The predicted octanol–water partition coefficient (Wildman–Crippen LogP) is 1.15. The normalized spacial score (nSPS) is 15.6. The Bertz CT molecular complexity index is 497. The lowest BCUT2D eigenvalue weighted by Gasteiger charge is -2.19. The third-order valence-electron chi connectivity index (χ3n) is 2.32. The Morgan fingerprint density at radius 3 is 2.06 bits per heavy atom. The van der Waals surface area contributed by atoms with E-state index in [0.29, 0.717) is 5.69 Å². The molecule has 0 saturated heterocycles. The van der Waals surface area contributed by atoms with Crippen LogP contribution in [-0.4, -0.2) is 37.7 Å². The van der Waals surface area contributed by atoms with Gasteiger partial charge >= 0.3 is 12.1 Å². The van der Waals surface area contributed by atoms with E-state index in [9.17, 15) is 9.59 Å². The van der Waals surface area contributed by atoms with Crippen LogP contribution in [0.2, 0.25) is 0 Å². The van der Waals surface area contributed by atoms with Gasteiger partial charge < -0.3 is 0 Å². The first kappa shape index (κ1) is 12.3. The van der Waals surface area contributed by atoms with Crippen LogP contribution in [0.4, 0.5) is 15.3 Å². The third-order valence-corrected chi connectivity index (χ3v) is 2.32. The summed E-state index contributed by atoms with van der Waals surface area (Å²) in [5.41, 5.74) is 0.479. The maximum atomic E-state index is 11.3. The quantitative estimate of drug-likeness (QED) is 0.595. The van der Waals surface area contributed by atoms with Crippen LogP contribution >= 0.6 is 0 Å². The maximum Gasteiger partial charge on any atom is 0.375 e. The van der Waals surface area contributed by atoms with Crippen molar-refractivity contribution in [2.24, 2.45) is 10.2 Å². The Morgan fingerprint density at radius 1 is 1.11 bits per heavy atom. The zero-order valence-corrected chi connectivity index (χ0v) is 10.6. The van der Waals surface area contributed by atoms with Gasteiger partial charge in [0.05, 0.1) is 26.8 Å². The van der Waals surface area contributed by atoms with Crippen molar-refractivity contribution < 1.29 is 18.6 Å². The molecule has 0 radical (unpaired) electrons. The molecule has 7 nitrogen and oxygen atoms in total. The molecule has 7 heteroatoms. The van der Waals surface area contributed by atoms with Gasteiger partial charge in [0.1, 0.15) is 0 Å². The fraction of sp³-hybridized carbons (Fsp3) is 0.364. The van der Waals surface area contributed by atoms with Gasteiger partial charge in [-0.25, -0.2) is 14.5 Å². The summed E-state index contributed by atoms with van der Waals surface area (Å²) in [6.45, 7) is 0.789. The van der Waals surface area contributed by atoms with Gasteiger partial charge in [0, 0.05) is 12.1 Å². The number of anilines is 1. The number of quaternary nitrogens is 1. The van der Waals surface area contributed by atoms with E-state index >= 15 is 0 Å². The molecule has 1 aromatic rings. The first-order valence-corrected chi connectivity index (χ1v) is 5.46. The summed E-state index contributed by atoms with van der Waals surface area (Å²) in [5.74, 6) is 0. The largest absolute Gasteiger partial charge is 0.375 e. The van der Waals surface area contributed by atoms with Gasteiger partial charge in [-0.1, -0.05) is 10.2 Å². The number of carbonyl (C=O) groups is 2. The second-order valence-electron chi connectivity index (χ2n) is 5.10. The van der Waals surface area contributed by atoms with Gasteiger partial charge in [-0.05, 0) is 0 Å². The third kappa shape index (κ3) is 2.57. The zero-order chi connectivity index (χ0) is 13.3. The molecule has 0 atom stereocenters. The fourth-order valence-electron chi connectivity index (χ4n) is 1.66. The lowest BCUT2D eigenvalue weighted by Crippen LogP contribution is -2.49. The zero-order valence-electron chi connectivity index (χ0n) is 10.6. The summed E-state index contributed by atoms with van der Waals surface area (Å²) in [5, 5.41) is 6.42. The molecule has 0 fully saturated rings. The molecular formula is C11H15N5O2+2. The molecule has 0 unspecified atom stereocenters. The highest BCUT2D eigenvalue weighted by molar-refractivity contribution is 6.17. The molecule has 1 aliphatic heterocycles. The van der Waals surface area contributed by atoms with E-state index < -0.39 is 12.1 Å². The van der Waals surface area contributed by atoms with Crippen LogP contribution in [0.3, 0.4) is 0 Å². The number of carbonyl (C=O) groups excluding carboxylic acids is 2. The molecule has 4 amide bonds. The van der Waals surface area contributed by atoms with Crippen LogP contribution in [0.1, 0.15) is 0 Å². The van der Waals surface area contributed by atoms with Crippen molar-refractivity contribution in [3.05, 3.63) is 24.5 Å². The molecule has 0 N–H and O–H groups in total. The van der Waals surface area contributed by atoms with Crippen molar-refractivity contribution in [2.45, 2.75) is 6.67 Å². The van der Waals surface area contributed by atoms with Crippen molar-refractivity contribution in [2.75, 3.05) is 26.0 Å². The Labute approximate surface area is 105 Å². The molecule has 0 spiro atoms. The maximum absolute atomic E-state index is 11.3. The van der Waals surface area contributed by atoms with Gasteiger partial charge in [0.25, 0.3) is 6.67 Å². The number of rotatable bonds is 3. The number of aromatic nitrogens is 1. The monoisotopic (exact) mass is 249 g/mol.